The molecule has 1 aromatic rings. The first-order valence-corrected chi connectivity index (χ1v) is 30.7. The Balaban J connectivity index is 1.83. The third kappa shape index (κ3) is 26.1. The van der Waals surface area contributed by atoms with E-state index in [1.165, 1.54) is 36.1 Å². The Hall–Kier alpha value is -8.92. The number of hydrogen-bond donors (Lipinski definition) is 17. The minimum atomic E-state index is -1.75. The topological polar surface area (TPSA) is 549 Å². The van der Waals surface area contributed by atoms with Gasteiger partial charge in [0.25, 0.3) is 0 Å². The molecule has 0 saturated carbocycles. The van der Waals surface area contributed by atoms with Crippen molar-refractivity contribution < 1.29 is 82.4 Å². The SMILES string of the molecule is CC[C@H](C)[C@H](NC(=O)[C@H](CCCCNC(=O)OC(C)(C)C)NC(=O)[C@H](CO)NC(=O)[C@H](CCCN=C(N)N)NC(=O)[C@@H]1CCCN1C(=O)[C@H](C)N)C(=O)N[C@@H](CO)C(=O)N1CCC[C@H]1C(=O)N[C@@H](CCC(N)=O)C(=O)NCC(=O)N[C@@H](Cc1ccc(O)cc1)C(N)=O. The van der Waals surface area contributed by atoms with E-state index in [0.717, 1.165) is 4.90 Å². The maximum Gasteiger partial charge on any atom is 0.407 e. The zero-order valence-corrected chi connectivity index (χ0v) is 53.1. The maximum atomic E-state index is 14.5. The fraction of sp³-hybridized carbons (Fsp3) is 0.655. The van der Waals surface area contributed by atoms with Gasteiger partial charge in [-0.25, -0.2) is 4.79 Å². The predicted molar refractivity (Wildman–Crippen MR) is 331 cm³/mol. The van der Waals surface area contributed by atoms with Crippen LogP contribution < -0.4 is 76.5 Å². The summed E-state index contributed by atoms with van der Waals surface area (Å²) in [5, 5.41) is 53.2. The van der Waals surface area contributed by atoms with Crippen LogP contribution in [0, 0.1) is 5.92 Å². The number of likely N-dealkylation sites (tertiary alicyclic amines) is 2. The number of unbranched alkanes of at least 4 members (excludes halogenated alkanes) is 1. The van der Waals surface area contributed by atoms with Gasteiger partial charge in [0, 0.05) is 39.0 Å². The lowest BCUT2D eigenvalue weighted by atomic mass is 9.97. The number of phenols is 1. The molecule has 0 aliphatic carbocycles. The van der Waals surface area contributed by atoms with E-state index in [1.807, 2.05) is 0 Å². The summed E-state index contributed by atoms with van der Waals surface area (Å²) in [5.41, 5.74) is 27.4. The average molecular weight is 1300 g/mol. The van der Waals surface area contributed by atoms with Crippen molar-refractivity contribution in [3.8, 4) is 5.75 Å². The molecule has 22 N–H and O–H groups in total. The lowest BCUT2D eigenvalue weighted by molar-refractivity contribution is -0.143. The molecule has 2 saturated heterocycles. The standard InChI is InChI=1S/C58H95N17O17/c1-7-31(2)45(53(88)72-40(30-77)55(90)75-26-12-16-42(75)52(87)70-37(21-22-43(60)79)47(82)66-28-44(80)67-38(46(61)81)27-33-17-19-34(78)20-18-33)73-49(84)35(13-8-9-23-65-57(91)92-58(4,5)6)68-50(85)39(29-76)71-48(83)36(14-10-24-64-56(62)63)69-51(86)41-15-11-25-74(41)54(89)32(3)59/h17-20,31-32,35-42,45,76-78H,7-16,21-30,59H2,1-6H3,(H2,60,79)(H2,61,81)(H,65,91)(H,66,82)(H,67,80)(H,68,85)(H,69,86)(H,70,87)(H,71,83)(H,72,88)(H,73,84)(H4,62,63,64)/t31-,32-,35-,36-,37-,38-,39-,40-,41-,42-,45-/m0/s1. The highest BCUT2D eigenvalue weighted by Crippen LogP contribution is 2.22. The normalized spacial score (nSPS) is 17.4. The van der Waals surface area contributed by atoms with Gasteiger partial charge in [0.05, 0.1) is 25.8 Å². The molecule has 0 spiro atoms. The summed E-state index contributed by atoms with van der Waals surface area (Å²) in [6.45, 7) is 7.31. The number of nitrogens with one attached hydrogen (secondary N) is 9. The summed E-state index contributed by atoms with van der Waals surface area (Å²) in [7, 11) is 0. The molecule has 34 heteroatoms. The first-order valence-electron chi connectivity index (χ1n) is 30.7. The van der Waals surface area contributed by atoms with Gasteiger partial charge in [-0.1, -0.05) is 32.4 Å². The lowest BCUT2D eigenvalue weighted by Crippen LogP contribution is -2.62. The number of aromatic hydroxyl groups is 1. The highest BCUT2D eigenvalue weighted by molar-refractivity contribution is 5.99. The molecule has 92 heavy (non-hydrogen) atoms. The molecule has 2 aliphatic heterocycles. The van der Waals surface area contributed by atoms with E-state index in [9.17, 15) is 77.6 Å². The van der Waals surface area contributed by atoms with Crippen molar-refractivity contribution >= 4 is 82.9 Å². The number of primary amides is 2. The van der Waals surface area contributed by atoms with Crippen molar-refractivity contribution in [1.29, 1.82) is 0 Å². The van der Waals surface area contributed by atoms with Gasteiger partial charge in [-0.15, -0.1) is 0 Å². The summed E-state index contributed by atoms with van der Waals surface area (Å²) in [5.74, 6) is -11.4. The Kier molecular flexibility index (Phi) is 32.0. The third-order valence-corrected chi connectivity index (χ3v) is 15.1. The molecule has 2 heterocycles. The first-order chi connectivity index (χ1) is 43.3. The molecule has 11 atom stereocenters. The molecule has 0 bridgehead atoms. The number of phenolic OH excluding ortho intramolecular Hbond substituents is 1. The first kappa shape index (κ1) is 77.3. The fourth-order valence-electron chi connectivity index (χ4n) is 9.95. The van der Waals surface area contributed by atoms with Crippen LogP contribution in [0.4, 0.5) is 4.79 Å². The highest BCUT2D eigenvalue weighted by Gasteiger charge is 2.42. The van der Waals surface area contributed by atoms with Crippen LogP contribution in [-0.2, 0) is 68.7 Å². The molecular formula is C58H95N17O17. The van der Waals surface area contributed by atoms with Crippen LogP contribution in [0.5, 0.6) is 5.75 Å². The summed E-state index contributed by atoms with van der Waals surface area (Å²) in [6.07, 6.45) is 0.00927. The Bertz CT molecular complexity index is 2760. The van der Waals surface area contributed by atoms with Gasteiger partial charge in [0.15, 0.2) is 5.96 Å². The number of aliphatic hydroxyl groups is 2. The molecule has 2 aliphatic rings. The number of aliphatic imine (C=N–C) groups is 1. The molecule has 3 rings (SSSR count). The number of ether oxygens (including phenoxy) is 1. The number of aliphatic hydroxyl groups excluding tert-OH is 2. The largest absolute Gasteiger partial charge is 0.508 e. The van der Waals surface area contributed by atoms with Gasteiger partial charge in [-0.05, 0) is 116 Å². The Labute approximate surface area is 533 Å². The van der Waals surface area contributed by atoms with Gasteiger partial charge >= 0.3 is 6.09 Å². The van der Waals surface area contributed by atoms with Crippen molar-refractivity contribution in [3.05, 3.63) is 29.8 Å². The van der Waals surface area contributed by atoms with Crippen molar-refractivity contribution in [2.45, 2.75) is 191 Å². The number of benzene rings is 1. The second-order valence-electron chi connectivity index (χ2n) is 23.7. The second kappa shape index (κ2) is 38.1. The van der Waals surface area contributed by atoms with Crippen molar-refractivity contribution in [3.63, 3.8) is 0 Å². The number of carbonyl (C=O) groups is 13. The van der Waals surface area contributed by atoms with Crippen molar-refractivity contribution in [2.24, 2.45) is 39.6 Å². The van der Waals surface area contributed by atoms with Crippen molar-refractivity contribution in [1.82, 2.24) is 57.7 Å². The van der Waals surface area contributed by atoms with Crippen LogP contribution in [0.25, 0.3) is 0 Å². The average Bonchev–Trinajstić information content (AvgIpc) is 2.02. The third-order valence-electron chi connectivity index (χ3n) is 15.1. The van der Waals surface area contributed by atoms with E-state index in [4.69, 9.17) is 33.4 Å². The number of hydrogen-bond acceptors (Lipinski definition) is 19. The molecule has 13 amide bonds. The quantitative estimate of drug-likeness (QED) is 0.0168. The summed E-state index contributed by atoms with van der Waals surface area (Å²) in [4.78, 5) is 181. The van der Waals surface area contributed by atoms with Crippen LogP contribution >= 0.6 is 0 Å². The Morgan fingerprint density at radius 1 is 0.630 bits per heavy atom. The number of carbonyl (C=O) groups excluding carboxylic acids is 13. The lowest BCUT2D eigenvalue weighted by Gasteiger charge is -2.31. The van der Waals surface area contributed by atoms with E-state index in [-0.39, 0.29) is 109 Å². The minimum absolute atomic E-state index is 0.0331. The van der Waals surface area contributed by atoms with Crippen LogP contribution in [0.15, 0.2) is 29.3 Å². The molecule has 0 radical (unpaired) electrons. The zero-order chi connectivity index (χ0) is 69.0. The number of guanidine groups is 1. The van der Waals surface area contributed by atoms with Crippen molar-refractivity contribution in [2.75, 3.05) is 45.9 Å². The maximum absolute atomic E-state index is 14.5. The molecule has 514 valence electrons. The van der Waals surface area contributed by atoms with E-state index < -0.39 is 175 Å². The van der Waals surface area contributed by atoms with Gasteiger partial charge in [0.1, 0.15) is 65.7 Å². The highest BCUT2D eigenvalue weighted by atomic mass is 16.6. The number of nitrogens with zero attached hydrogens (tertiary/aromatic N) is 3. The number of alkyl carbamates (subject to hydrolysis) is 1. The van der Waals surface area contributed by atoms with Gasteiger partial charge in [-0.2, -0.15) is 0 Å². The molecular weight excluding hydrogens is 1210 g/mol. The number of nitrogens with two attached hydrogens (primary N) is 5. The van der Waals surface area contributed by atoms with Crippen LogP contribution in [0.3, 0.4) is 0 Å². The minimum Gasteiger partial charge on any atom is -0.508 e. The Morgan fingerprint density at radius 2 is 1.15 bits per heavy atom. The monoisotopic (exact) mass is 1300 g/mol. The van der Waals surface area contributed by atoms with Crippen LogP contribution in [-0.4, -0.2) is 220 Å². The van der Waals surface area contributed by atoms with E-state index >= 15 is 0 Å². The zero-order valence-electron chi connectivity index (χ0n) is 53.1. The summed E-state index contributed by atoms with van der Waals surface area (Å²) in [6, 6.07) is -7.94. The second-order valence-corrected chi connectivity index (χ2v) is 23.7. The number of rotatable bonds is 37. The van der Waals surface area contributed by atoms with Gasteiger partial charge in [0.2, 0.25) is 70.9 Å². The number of amides is 13. The molecule has 0 aromatic heterocycles. The summed E-state index contributed by atoms with van der Waals surface area (Å²) < 4.78 is 5.29. The van der Waals surface area contributed by atoms with Crippen LogP contribution in [0.1, 0.15) is 124 Å². The van der Waals surface area contributed by atoms with E-state index in [2.05, 4.69) is 52.8 Å². The molecule has 34 nitrogen and oxygen atoms in total. The molecule has 0 unspecified atom stereocenters. The summed E-state index contributed by atoms with van der Waals surface area (Å²) >= 11 is 0. The predicted octanol–water partition coefficient (Wildman–Crippen LogP) is -5.70. The fourth-order valence-corrected chi connectivity index (χ4v) is 9.95. The van der Waals surface area contributed by atoms with E-state index in [0.29, 0.717) is 12.0 Å². The molecule has 2 fully saturated rings. The molecule has 1 aromatic carbocycles. The van der Waals surface area contributed by atoms with Crippen LogP contribution in [0.2, 0.25) is 0 Å². The smallest absolute Gasteiger partial charge is 0.407 e. The van der Waals surface area contributed by atoms with E-state index in [1.54, 1.807) is 34.6 Å². The van der Waals surface area contributed by atoms with Gasteiger partial charge < -0.3 is 106 Å². The Morgan fingerprint density at radius 3 is 1.68 bits per heavy atom. The van der Waals surface area contributed by atoms with Gasteiger partial charge in [-0.3, -0.25) is 62.5 Å².